The van der Waals surface area contributed by atoms with Crippen LogP contribution in [0.4, 0.5) is 0 Å². The van der Waals surface area contributed by atoms with Crippen molar-refractivity contribution in [3.05, 3.63) is 124 Å². The van der Waals surface area contributed by atoms with Crippen LogP contribution in [0, 0.1) is 32.1 Å². The second kappa shape index (κ2) is 12.6. The number of nitrogens with two attached hydrogens (primary N) is 1. The van der Waals surface area contributed by atoms with Crippen LogP contribution in [0.2, 0.25) is 0 Å². The van der Waals surface area contributed by atoms with Crippen LogP contribution in [0.25, 0.3) is 0 Å². The van der Waals surface area contributed by atoms with Crippen LogP contribution < -0.4 is 29.4 Å². The normalized spacial score (nSPS) is 13.8. The summed E-state index contributed by atoms with van der Waals surface area (Å²) in [7, 11) is 1.57. The Morgan fingerprint density at radius 1 is 0.930 bits per heavy atom. The molecule has 1 atom stereocenters. The number of aryl methyl sites for hydroxylation is 2. The Bertz CT molecular complexity index is 1740. The standard InChI is InChI=1S/C35H32N2O6/c1-21-8-10-24(11-9-21)19-40-30-15-12-25(16-32(30)39-4)34-27-14-13-26(17-31(27)43-35(37)28(34)18-36)42-33(38)20-41-29-7-5-6-22(2)23(29)3/h5-17,34H,19-20,37H2,1-4H3. The van der Waals surface area contributed by atoms with E-state index in [4.69, 9.17) is 29.4 Å². The van der Waals surface area contributed by atoms with Crippen LogP contribution in [0.1, 0.15) is 39.3 Å². The van der Waals surface area contributed by atoms with Gasteiger partial charge in [0.1, 0.15) is 35.5 Å². The van der Waals surface area contributed by atoms with Crippen molar-refractivity contribution >= 4 is 5.97 Å². The van der Waals surface area contributed by atoms with Gasteiger partial charge < -0.3 is 29.4 Å². The highest BCUT2D eigenvalue weighted by atomic mass is 16.6. The van der Waals surface area contributed by atoms with Crippen molar-refractivity contribution in [1.29, 1.82) is 5.26 Å². The summed E-state index contributed by atoms with van der Waals surface area (Å²) in [6.45, 7) is 6.06. The molecule has 0 saturated heterocycles. The van der Waals surface area contributed by atoms with Gasteiger partial charge in [0.15, 0.2) is 18.1 Å². The maximum Gasteiger partial charge on any atom is 0.349 e. The van der Waals surface area contributed by atoms with Gasteiger partial charge in [-0.15, -0.1) is 0 Å². The van der Waals surface area contributed by atoms with Crippen molar-refractivity contribution in [1.82, 2.24) is 0 Å². The van der Waals surface area contributed by atoms with E-state index in [-0.39, 0.29) is 23.8 Å². The third-order valence-electron chi connectivity index (χ3n) is 7.36. The minimum atomic E-state index is -0.569. The molecule has 4 aromatic carbocycles. The van der Waals surface area contributed by atoms with Crippen molar-refractivity contribution in [2.24, 2.45) is 5.73 Å². The molecule has 8 nitrogen and oxygen atoms in total. The van der Waals surface area contributed by atoms with Crippen LogP contribution >= 0.6 is 0 Å². The third-order valence-corrected chi connectivity index (χ3v) is 7.36. The highest BCUT2D eigenvalue weighted by Crippen LogP contribution is 2.45. The number of benzene rings is 4. The Kier molecular flexibility index (Phi) is 8.54. The molecule has 8 heteroatoms. The Balaban J connectivity index is 1.35. The molecule has 218 valence electrons. The second-order valence-electron chi connectivity index (χ2n) is 10.3. The molecule has 0 aliphatic carbocycles. The topological polar surface area (TPSA) is 113 Å². The fourth-order valence-electron chi connectivity index (χ4n) is 4.85. The van der Waals surface area contributed by atoms with Crippen LogP contribution in [0.15, 0.2) is 90.3 Å². The molecule has 1 unspecified atom stereocenters. The predicted octanol–water partition coefficient (Wildman–Crippen LogP) is 6.40. The number of nitriles is 1. The average molecular weight is 577 g/mol. The summed E-state index contributed by atoms with van der Waals surface area (Å²) in [5.41, 5.74) is 12.1. The van der Waals surface area contributed by atoms with Crippen LogP contribution in [-0.4, -0.2) is 19.7 Å². The molecule has 1 aliphatic rings. The quantitative estimate of drug-likeness (QED) is 0.180. The lowest BCUT2D eigenvalue weighted by Crippen LogP contribution is -2.22. The number of allylic oxidation sites excluding steroid dienone is 1. The zero-order valence-electron chi connectivity index (χ0n) is 24.5. The largest absolute Gasteiger partial charge is 0.493 e. The number of nitrogens with zero attached hydrogens (tertiary/aromatic N) is 1. The van der Waals surface area contributed by atoms with Gasteiger partial charge in [-0.2, -0.15) is 5.26 Å². The van der Waals surface area contributed by atoms with E-state index in [1.54, 1.807) is 25.3 Å². The number of hydrogen-bond acceptors (Lipinski definition) is 8. The predicted molar refractivity (Wildman–Crippen MR) is 161 cm³/mol. The molecule has 5 rings (SSSR count). The van der Waals surface area contributed by atoms with E-state index >= 15 is 0 Å². The van der Waals surface area contributed by atoms with E-state index in [0.29, 0.717) is 35.2 Å². The molecule has 0 saturated carbocycles. The first-order valence-corrected chi connectivity index (χ1v) is 13.7. The molecule has 0 amide bonds. The van der Waals surface area contributed by atoms with Gasteiger partial charge in [0.25, 0.3) is 0 Å². The van der Waals surface area contributed by atoms with Crippen LogP contribution in [-0.2, 0) is 11.4 Å². The first-order chi connectivity index (χ1) is 20.8. The number of methoxy groups -OCH3 is 1. The minimum Gasteiger partial charge on any atom is -0.493 e. The smallest absolute Gasteiger partial charge is 0.349 e. The van der Waals surface area contributed by atoms with E-state index in [9.17, 15) is 10.1 Å². The van der Waals surface area contributed by atoms with Crippen molar-refractivity contribution in [2.45, 2.75) is 33.3 Å². The lowest BCUT2D eigenvalue weighted by Gasteiger charge is -2.27. The first-order valence-electron chi connectivity index (χ1n) is 13.7. The molecule has 0 fully saturated rings. The molecular formula is C35H32N2O6. The SMILES string of the molecule is COc1cc(C2C(C#N)=C(N)Oc3cc(OC(=O)COc4cccc(C)c4C)ccc32)ccc1OCc1ccc(C)cc1. The summed E-state index contributed by atoms with van der Waals surface area (Å²) in [4.78, 5) is 12.6. The molecule has 43 heavy (non-hydrogen) atoms. The van der Waals surface area contributed by atoms with Crippen molar-refractivity contribution in [3.8, 4) is 34.8 Å². The average Bonchev–Trinajstić information content (AvgIpc) is 3.00. The number of carbonyl (C=O) groups excluding carboxylic acids is 1. The Hall–Kier alpha value is -5.42. The summed E-state index contributed by atoms with van der Waals surface area (Å²) in [6.07, 6.45) is 0. The summed E-state index contributed by atoms with van der Waals surface area (Å²) < 4.78 is 28.7. The van der Waals surface area contributed by atoms with Crippen molar-refractivity contribution in [2.75, 3.05) is 13.7 Å². The summed E-state index contributed by atoms with van der Waals surface area (Å²) >= 11 is 0. The monoisotopic (exact) mass is 576 g/mol. The summed E-state index contributed by atoms with van der Waals surface area (Å²) in [5.74, 6) is 1.21. The molecule has 0 radical (unpaired) electrons. The van der Waals surface area contributed by atoms with Gasteiger partial charge in [0.2, 0.25) is 5.88 Å². The molecule has 1 heterocycles. The lowest BCUT2D eigenvalue weighted by molar-refractivity contribution is -0.136. The third kappa shape index (κ3) is 6.41. The van der Waals surface area contributed by atoms with Gasteiger partial charge in [0, 0.05) is 11.6 Å². The maximum absolute atomic E-state index is 12.6. The highest BCUT2D eigenvalue weighted by molar-refractivity contribution is 5.74. The molecule has 0 spiro atoms. The van der Waals surface area contributed by atoms with Gasteiger partial charge >= 0.3 is 5.97 Å². The molecule has 1 aliphatic heterocycles. The van der Waals surface area contributed by atoms with Gasteiger partial charge in [0.05, 0.1) is 13.0 Å². The lowest BCUT2D eigenvalue weighted by atomic mass is 9.83. The van der Waals surface area contributed by atoms with Crippen molar-refractivity contribution < 1.29 is 28.5 Å². The Morgan fingerprint density at radius 3 is 2.47 bits per heavy atom. The number of hydrogen-bond donors (Lipinski definition) is 1. The van der Waals surface area contributed by atoms with E-state index in [1.807, 2.05) is 81.4 Å². The molecule has 0 bridgehead atoms. The fraction of sp³-hybridized carbons (Fsp3) is 0.200. The Morgan fingerprint density at radius 2 is 1.72 bits per heavy atom. The number of carbonyl (C=O) groups is 1. The second-order valence-corrected chi connectivity index (χ2v) is 10.3. The van der Waals surface area contributed by atoms with Crippen LogP contribution in [0.5, 0.6) is 28.7 Å². The van der Waals surface area contributed by atoms with Gasteiger partial charge in [-0.1, -0.05) is 54.1 Å². The minimum absolute atomic E-state index is 0.0274. The highest BCUT2D eigenvalue weighted by Gasteiger charge is 2.32. The zero-order valence-corrected chi connectivity index (χ0v) is 24.5. The molecular weight excluding hydrogens is 544 g/mol. The fourth-order valence-corrected chi connectivity index (χ4v) is 4.85. The maximum atomic E-state index is 12.6. The number of esters is 1. The molecule has 2 N–H and O–H groups in total. The van der Waals surface area contributed by atoms with Gasteiger partial charge in [-0.3, -0.25) is 0 Å². The molecule has 0 aromatic heterocycles. The molecule has 4 aromatic rings. The van der Waals surface area contributed by atoms with E-state index in [0.717, 1.165) is 22.3 Å². The zero-order chi connectivity index (χ0) is 30.5. The van der Waals surface area contributed by atoms with E-state index in [1.165, 1.54) is 5.56 Å². The van der Waals surface area contributed by atoms with E-state index < -0.39 is 11.9 Å². The summed E-state index contributed by atoms with van der Waals surface area (Å²) in [5, 5.41) is 9.99. The van der Waals surface area contributed by atoms with Gasteiger partial charge in [-0.05, 0) is 67.3 Å². The first kappa shape index (κ1) is 29.1. The number of rotatable bonds is 9. The Labute approximate surface area is 250 Å². The number of fused-ring (bicyclic) bond motifs is 1. The van der Waals surface area contributed by atoms with Crippen molar-refractivity contribution in [3.63, 3.8) is 0 Å². The van der Waals surface area contributed by atoms with Gasteiger partial charge in [-0.25, -0.2) is 4.79 Å². The van der Waals surface area contributed by atoms with Crippen LogP contribution in [0.3, 0.4) is 0 Å². The summed E-state index contributed by atoms with van der Waals surface area (Å²) in [6, 6.07) is 26.5. The van der Waals surface area contributed by atoms with E-state index in [2.05, 4.69) is 6.07 Å². The number of ether oxygens (including phenoxy) is 5.